The predicted octanol–water partition coefficient (Wildman–Crippen LogP) is 4.62. The summed E-state index contributed by atoms with van der Waals surface area (Å²) in [4.78, 5) is 27.9. The first-order valence-corrected chi connectivity index (χ1v) is 9.70. The standard InChI is InChI=1S/C21H25N3O4/c1-2-3-14-28-19-11-8-17(15-22-19)23-20(25)21(12-4-5-13-21)16-6-9-18(10-7-16)24(26)27/h6-11,15H,2-5,12-14H2,1H3,(H,23,25). The molecule has 0 spiro atoms. The smallest absolute Gasteiger partial charge is 0.269 e. The molecule has 0 saturated heterocycles. The molecule has 3 rings (SSSR count). The van der Waals surface area contributed by atoms with E-state index in [1.807, 2.05) is 0 Å². The van der Waals surface area contributed by atoms with Crippen LogP contribution in [0.4, 0.5) is 11.4 Å². The van der Waals surface area contributed by atoms with E-state index in [9.17, 15) is 14.9 Å². The molecule has 1 fully saturated rings. The second-order valence-corrected chi connectivity index (χ2v) is 7.13. The molecule has 7 heteroatoms. The largest absolute Gasteiger partial charge is 0.478 e. The highest BCUT2D eigenvalue weighted by atomic mass is 16.6. The third kappa shape index (κ3) is 4.30. The lowest BCUT2D eigenvalue weighted by Crippen LogP contribution is -2.38. The molecule has 28 heavy (non-hydrogen) atoms. The molecule has 2 aromatic rings. The number of ether oxygens (including phenoxy) is 1. The van der Waals surface area contributed by atoms with E-state index in [1.54, 1.807) is 30.5 Å². The van der Waals surface area contributed by atoms with E-state index in [2.05, 4.69) is 17.2 Å². The molecule has 1 aromatic heterocycles. The number of hydrogen-bond acceptors (Lipinski definition) is 5. The van der Waals surface area contributed by atoms with E-state index < -0.39 is 10.3 Å². The van der Waals surface area contributed by atoms with E-state index in [0.29, 0.717) is 18.2 Å². The van der Waals surface area contributed by atoms with Gasteiger partial charge in [0.2, 0.25) is 11.8 Å². The minimum Gasteiger partial charge on any atom is -0.478 e. The van der Waals surface area contributed by atoms with Gasteiger partial charge in [-0.3, -0.25) is 14.9 Å². The average Bonchev–Trinajstić information content (AvgIpc) is 3.21. The van der Waals surface area contributed by atoms with Crippen molar-refractivity contribution >= 4 is 17.3 Å². The van der Waals surface area contributed by atoms with Crippen LogP contribution in [0.15, 0.2) is 42.6 Å². The zero-order valence-corrected chi connectivity index (χ0v) is 16.0. The Hall–Kier alpha value is -2.96. The van der Waals surface area contributed by atoms with Gasteiger partial charge in [-0.2, -0.15) is 0 Å². The van der Waals surface area contributed by atoms with Crippen molar-refractivity contribution < 1.29 is 14.5 Å². The SMILES string of the molecule is CCCCOc1ccc(NC(=O)C2(c3ccc([N+](=O)[O-])cc3)CCCC2)cn1. The van der Waals surface area contributed by atoms with Gasteiger partial charge in [-0.1, -0.05) is 38.3 Å². The normalized spacial score (nSPS) is 15.2. The Labute approximate surface area is 164 Å². The summed E-state index contributed by atoms with van der Waals surface area (Å²) in [5.74, 6) is 0.442. The number of carbonyl (C=O) groups is 1. The molecule has 0 unspecified atom stereocenters. The molecule has 1 aromatic carbocycles. The Kier molecular flexibility index (Phi) is 6.23. The summed E-state index contributed by atoms with van der Waals surface area (Å²) in [5.41, 5.74) is 0.799. The summed E-state index contributed by atoms with van der Waals surface area (Å²) < 4.78 is 5.55. The molecule has 0 atom stereocenters. The number of anilines is 1. The summed E-state index contributed by atoms with van der Waals surface area (Å²) in [7, 11) is 0. The Bertz CT molecular complexity index is 813. The van der Waals surface area contributed by atoms with Crippen molar-refractivity contribution in [3.63, 3.8) is 0 Å². The van der Waals surface area contributed by atoms with Gasteiger partial charge in [0.05, 0.1) is 28.8 Å². The number of benzene rings is 1. The number of nitro groups is 1. The van der Waals surface area contributed by atoms with E-state index in [4.69, 9.17) is 4.74 Å². The maximum Gasteiger partial charge on any atom is 0.269 e. The number of nitrogens with zero attached hydrogens (tertiary/aromatic N) is 2. The summed E-state index contributed by atoms with van der Waals surface area (Å²) in [6.07, 6.45) is 6.97. The molecule has 0 bridgehead atoms. The first-order chi connectivity index (χ1) is 13.5. The van der Waals surface area contributed by atoms with Crippen molar-refractivity contribution in [3.05, 3.63) is 58.3 Å². The van der Waals surface area contributed by atoms with Gasteiger partial charge in [-0.25, -0.2) is 4.98 Å². The number of non-ortho nitro benzene ring substituents is 1. The number of pyridine rings is 1. The lowest BCUT2D eigenvalue weighted by molar-refractivity contribution is -0.384. The molecule has 1 N–H and O–H groups in total. The molecule has 7 nitrogen and oxygen atoms in total. The maximum absolute atomic E-state index is 13.1. The van der Waals surface area contributed by atoms with Crippen LogP contribution in [0.2, 0.25) is 0 Å². The molecule has 1 aliphatic carbocycles. The van der Waals surface area contributed by atoms with Gasteiger partial charge in [-0.05, 0) is 30.9 Å². The van der Waals surface area contributed by atoms with Crippen molar-refractivity contribution in [2.45, 2.75) is 50.9 Å². The van der Waals surface area contributed by atoms with E-state index in [-0.39, 0.29) is 11.6 Å². The van der Waals surface area contributed by atoms with Crippen molar-refractivity contribution in [2.24, 2.45) is 0 Å². The zero-order chi connectivity index (χ0) is 20.0. The summed E-state index contributed by atoms with van der Waals surface area (Å²) >= 11 is 0. The Balaban J connectivity index is 1.73. The summed E-state index contributed by atoms with van der Waals surface area (Å²) in [6.45, 7) is 2.72. The molecule has 1 aliphatic rings. The monoisotopic (exact) mass is 383 g/mol. The molecular weight excluding hydrogens is 358 g/mol. The van der Waals surface area contributed by atoms with Crippen LogP contribution in [0, 0.1) is 10.1 Å². The molecular formula is C21H25N3O4. The molecule has 0 radical (unpaired) electrons. The zero-order valence-electron chi connectivity index (χ0n) is 16.0. The van der Waals surface area contributed by atoms with Crippen LogP contribution < -0.4 is 10.1 Å². The quantitative estimate of drug-likeness (QED) is 0.408. The van der Waals surface area contributed by atoms with E-state index >= 15 is 0 Å². The highest BCUT2D eigenvalue weighted by Gasteiger charge is 2.42. The summed E-state index contributed by atoms with van der Waals surface area (Å²) in [5, 5.41) is 13.9. The van der Waals surface area contributed by atoms with Crippen LogP contribution in [0.1, 0.15) is 51.0 Å². The van der Waals surface area contributed by atoms with Gasteiger partial charge in [0, 0.05) is 18.2 Å². The lowest BCUT2D eigenvalue weighted by Gasteiger charge is -2.28. The molecule has 1 heterocycles. The first-order valence-electron chi connectivity index (χ1n) is 9.70. The molecule has 148 valence electrons. The van der Waals surface area contributed by atoms with E-state index in [1.165, 1.54) is 12.1 Å². The van der Waals surface area contributed by atoms with Gasteiger partial charge < -0.3 is 10.1 Å². The second-order valence-electron chi connectivity index (χ2n) is 7.13. The van der Waals surface area contributed by atoms with E-state index in [0.717, 1.165) is 44.1 Å². The van der Waals surface area contributed by atoms with Crippen LogP contribution in [0.25, 0.3) is 0 Å². The van der Waals surface area contributed by atoms with Crippen molar-refractivity contribution in [3.8, 4) is 5.88 Å². The Morgan fingerprint density at radius 1 is 1.21 bits per heavy atom. The van der Waals surface area contributed by atoms with Gasteiger partial charge in [0.25, 0.3) is 5.69 Å². The number of hydrogen-bond donors (Lipinski definition) is 1. The Morgan fingerprint density at radius 3 is 2.50 bits per heavy atom. The number of aromatic nitrogens is 1. The number of nitro benzene ring substituents is 1. The number of unbranched alkanes of at least 4 members (excludes halogenated alkanes) is 1. The first kappa shape index (κ1) is 19.8. The highest BCUT2D eigenvalue weighted by molar-refractivity contribution is 5.99. The fourth-order valence-electron chi connectivity index (χ4n) is 3.64. The molecule has 0 aliphatic heterocycles. The topological polar surface area (TPSA) is 94.4 Å². The number of amides is 1. The number of rotatable bonds is 8. The Morgan fingerprint density at radius 2 is 1.93 bits per heavy atom. The molecule has 1 amide bonds. The van der Waals surface area contributed by atoms with Gasteiger partial charge in [0.15, 0.2) is 0 Å². The van der Waals surface area contributed by atoms with Crippen LogP contribution in [-0.4, -0.2) is 22.4 Å². The minimum atomic E-state index is -0.661. The predicted molar refractivity (Wildman–Crippen MR) is 107 cm³/mol. The van der Waals surface area contributed by atoms with Crippen molar-refractivity contribution in [1.82, 2.24) is 4.98 Å². The number of nitrogens with one attached hydrogen (secondary N) is 1. The van der Waals surface area contributed by atoms with Gasteiger partial charge in [0.1, 0.15) is 0 Å². The van der Waals surface area contributed by atoms with Crippen molar-refractivity contribution in [1.29, 1.82) is 0 Å². The molecule has 1 saturated carbocycles. The van der Waals surface area contributed by atoms with Gasteiger partial charge >= 0.3 is 0 Å². The lowest BCUT2D eigenvalue weighted by atomic mass is 9.78. The van der Waals surface area contributed by atoms with Crippen LogP contribution >= 0.6 is 0 Å². The third-order valence-electron chi connectivity index (χ3n) is 5.26. The van der Waals surface area contributed by atoms with Crippen LogP contribution in [0.3, 0.4) is 0 Å². The minimum absolute atomic E-state index is 0.0279. The third-order valence-corrected chi connectivity index (χ3v) is 5.26. The number of carbonyl (C=O) groups excluding carboxylic acids is 1. The van der Waals surface area contributed by atoms with Gasteiger partial charge in [-0.15, -0.1) is 0 Å². The van der Waals surface area contributed by atoms with Crippen LogP contribution in [0.5, 0.6) is 5.88 Å². The second kappa shape index (κ2) is 8.82. The van der Waals surface area contributed by atoms with Crippen LogP contribution in [-0.2, 0) is 10.2 Å². The maximum atomic E-state index is 13.1. The summed E-state index contributed by atoms with van der Waals surface area (Å²) in [6, 6.07) is 9.86. The highest BCUT2D eigenvalue weighted by Crippen LogP contribution is 2.42. The fourth-order valence-corrected chi connectivity index (χ4v) is 3.64. The van der Waals surface area contributed by atoms with Crippen molar-refractivity contribution in [2.75, 3.05) is 11.9 Å². The average molecular weight is 383 g/mol. The fraction of sp³-hybridized carbons (Fsp3) is 0.429.